The van der Waals surface area contributed by atoms with Gasteiger partial charge in [0.05, 0.1) is 12.2 Å². The molecule has 3 heteroatoms. The van der Waals surface area contributed by atoms with Crippen molar-refractivity contribution in [2.24, 2.45) is 0 Å². The van der Waals surface area contributed by atoms with Gasteiger partial charge in [-0.15, -0.1) is 0 Å². The number of hydrogen-bond acceptors (Lipinski definition) is 3. The van der Waals surface area contributed by atoms with Crippen molar-refractivity contribution in [2.75, 3.05) is 26.2 Å². The van der Waals surface area contributed by atoms with Crippen LogP contribution in [0.1, 0.15) is 30.6 Å². The highest BCUT2D eigenvalue weighted by molar-refractivity contribution is 5.89. The van der Waals surface area contributed by atoms with Crippen LogP contribution < -0.4 is 0 Å². The van der Waals surface area contributed by atoms with Crippen LogP contribution >= 0.6 is 0 Å². The summed E-state index contributed by atoms with van der Waals surface area (Å²) in [5.41, 5.74) is 0.621. The number of nitrogens with zero attached hydrogens (tertiary/aromatic N) is 1. The molecule has 0 atom stereocenters. The van der Waals surface area contributed by atoms with Gasteiger partial charge in [-0.05, 0) is 31.6 Å². The first-order valence-corrected chi connectivity index (χ1v) is 6.22. The Balaban J connectivity index is 2.21. The molecule has 1 rings (SSSR count). The molecule has 0 aromatic heterocycles. The topological polar surface area (TPSA) is 29.5 Å². The molecule has 0 radical (unpaired) electrons. The molecule has 94 valence electrons. The standard InChI is InChI=1S/C14H21NO2/c1-3-15(4-2)11-8-12-17-14(16)13-9-6-5-7-10-13/h5-7,9-10H,3-4,8,11-12H2,1-2H3. The molecule has 0 aliphatic heterocycles. The summed E-state index contributed by atoms with van der Waals surface area (Å²) in [6.45, 7) is 7.84. The first kappa shape index (κ1) is 13.7. The fraction of sp³-hybridized carbons (Fsp3) is 0.500. The average molecular weight is 235 g/mol. The highest BCUT2D eigenvalue weighted by Gasteiger charge is 2.05. The zero-order valence-corrected chi connectivity index (χ0v) is 10.7. The van der Waals surface area contributed by atoms with E-state index in [2.05, 4.69) is 18.7 Å². The number of esters is 1. The molecule has 0 aliphatic carbocycles. The SMILES string of the molecule is CCN(CC)CCCOC(=O)c1ccccc1. The summed E-state index contributed by atoms with van der Waals surface area (Å²) in [7, 11) is 0. The summed E-state index contributed by atoms with van der Waals surface area (Å²) in [5, 5.41) is 0. The molecule has 1 aromatic rings. The molecule has 0 N–H and O–H groups in total. The van der Waals surface area contributed by atoms with E-state index in [1.54, 1.807) is 12.1 Å². The molecule has 0 spiro atoms. The van der Waals surface area contributed by atoms with Crippen molar-refractivity contribution in [2.45, 2.75) is 20.3 Å². The van der Waals surface area contributed by atoms with Crippen molar-refractivity contribution >= 4 is 5.97 Å². The summed E-state index contributed by atoms with van der Waals surface area (Å²) >= 11 is 0. The van der Waals surface area contributed by atoms with Gasteiger partial charge in [0.1, 0.15) is 0 Å². The molecular weight excluding hydrogens is 214 g/mol. The van der Waals surface area contributed by atoms with Gasteiger partial charge in [0.15, 0.2) is 0 Å². The van der Waals surface area contributed by atoms with Crippen LogP contribution in [0.15, 0.2) is 30.3 Å². The summed E-state index contributed by atoms with van der Waals surface area (Å²) in [6.07, 6.45) is 0.889. The van der Waals surface area contributed by atoms with E-state index in [1.165, 1.54) is 0 Å². The van der Waals surface area contributed by atoms with Gasteiger partial charge in [0.25, 0.3) is 0 Å². The molecule has 0 bridgehead atoms. The van der Waals surface area contributed by atoms with Gasteiger partial charge in [-0.25, -0.2) is 4.79 Å². The van der Waals surface area contributed by atoms with Gasteiger partial charge in [-0.3, -0.25) is 0 Å². The predicted octanol–water partition coefficient (Wildman–Crippen LogP) is 2.58. The van der Waals surface area contributed by atoms with E-state index in [-0.39, 0.29) is 5.97 Å². The van der Waals surface area contributed by atoms with Gasteiger partial charge in [0.2, 0.25) is 0 Å². The van der Waals surface area contributed by atoms with Gasteiger partial charge in [-0.1, -0.05) is 32.0 Å². The van der Waals surface area contributed by atoms with Crippen LogP contribution in [0.4, 0.5) is 0 Å². The largest absolute Gasteiger partial charge is 0.462 e. The number of rotatable bonds is 7. The van der Waals surface area contributed by atoms with E-state index >= 15 is 0 Å². The minimum atomic E-state index is -0.231. The lowest BCUT2D eigenvalue weighted by Gasteiger charge is -2.17. The molecule has 0 saturated heterocycles. The molecule has 0 fully saturated rings. The smallest absolute Gasteiger partial charge is 0.338 e. The molecule has 3 nitrogen and oxygen atoms in total. The first-order valence-electron chi connectivity index (χ1n) is 6.22. The van der Waals surface area contributed by atoms with Crippen LogP contribution in [0, 0.1) is 0 Å². The van der Waals surface area contributed by atoms with Crippen LogP contribution in [-0.4, -0.2) is 37.1 Å². The molecule has 0 unspecified atom stereocenters. The Labute approximate surface area is 103 Å². The van der Waals surface area contributed by atoms with E-state index in [9.17, 15) is 4.79 Å². The van der Waals surface area contributed by atoms with Crippen molar-refractivity contribution < 1.29 is 9.53 Å². The molecule has 0 heterocycles. The number of carbonyl (C=O) groups excluding carboxylic acids is 1. The zero-order chi connectivity index (χ0) is 12.5. The Morgan fingerprint density at radius 2 is 1.82 bits per heavy atom. The minimum absolute atomic E-state index is 0.231. The van der Waals surface area contributed by atoms with Crippen molar-refractivity contribution in [3.8, 4) is 0 Å². The highest BCUT2D eigenvalue weighted by Crippen LogP contribution is 2.01. The maximum atomic E-state index is 11.6. The molecule has 1 aromatic carbocycles. The second-order valence-electron chi connectivity index (χ2n) is 3.88. The molecule has 0 aliphatic rings. The Morgan fingerprint density at radius 1 is 1.18 bits per heavy atom. The Hall–Kier alpha value is -1.35. The van der Waals surface area contributed by atoms with E-state index in [0.717, 1.165) is 26.1 Å². The predicted molar refractivity (Wildman–Crippen MR) is 69.1 cm³/mol. The highest BCUT2D eigenvalue weighted by atomic mass is 16.5. The fourth-order valence-corrected chi connectivity index (χ4v) is 1.65. The quantitative estimate of drug-likeness (QED) is 0.537. The molecule has 17 heavy (non-hydrogen) atoms. The lowest BCUT2D eigenvalue weighted by molar-refractivity contribution is 0.0489. The van der Waals surface area contributed by atoms with Crippen LogP contribution in [-0.2, 0) is 4.74 Å². The third-order valence-corrected chi connectivity index (χ3v) is 2.76. The van der Waals surface area contributed by atoms with Crippen LogP contribution in [0.5, 0.6) is 0 Å². The number of hydrogen-bond donors (Lipinski definition) is 0. The Morgan fingerprint density at radius 3 is 2.41 bits per heavy atom. The number of carbonyl (C=O) groups is 1. The van der Waals surface area contributed by atoms with Gasteiger partial charge < -0.3 is 9.64 Å². The van der Waals surface area contributed by atoms with Crippen molar-refractivity contribution in [3.63, 3.8) is 0 Å². The van der Waals surface area contributed by atoms with Gasteiger partial charge >= 0.3 is 5.97 Å². The minimum Gasteiger partial charge on any atom is -0.462 e. The second kappa shape index (κ2) is 7.85. The van der Waals surface area contributed by atoms with Crippen molar-refractivity contribution in [3.05, 3.63) is 35.9 Å². The second-order valence-corrected chi connectivity index (χ2v) is 3.88. The normalized spacial score (nSPS) is 10.5. The summed E-state index contributed by atoms with van der Waals surface area (Å²) < 4.78 is 5.20. The van der Waals surface area contributed by atoms with Gasteiger partial charge in [0, 0.05) is 6.54 Å². The van der Waals surface area contributed by atoms with Gasteiger partial charge in [-0.2, -0.15) is 0 Å². The monoisotopic (exact) mass is 235 g/mol. The van der Waals surface area contributed by atoms with E-state index < -0.39 is 0 Å². The molecule has 0 saturated carbocycles. The van der Waals surface area contributed by atoms with E-state index in [4.69, 9.17) is 4.74 Å². The van der Waals surface area contributed by atoms with Crippen molar-refractivity contribution in [1.29, 1.82) is 0 Å². The number of benzene rings is 1. The average Bonchev–Trinajstić information content (AvgIpc) is 2.40. The maximum Gasteiger partial charge on any atom is 0.338 e. The van der Waals surface area contributed by atoms with Crippen LogP contribution in [0.2, 0.25) is 0 Å². The summed E-state index contributed by atoms with van der Waals surface area (Å²) in [5.74, 6) is -0.231. The Kier molecular flexibility index (Phi) is 6.33. The Bertz CT molecular complexity index is 320. The fourth-order valence-electron chi connectivity index (χ4n) is 1.65. The number of ether oxygens (including phenoxy) is 1. The first-order chi connectivity index (χ1) is 8.27. The van der Waals surface area contributed by atoms with Crippen LogP contribution in [0.3, 0.4) is 0 Å². The summed E-state index contributed by atoms with van der Waals surface area (Å²) in [4.78, 5) is 13.9. The zero-order valence-electron chi connectivity index (χ0n) is 10.7. The summed E-state index contributed by atoms with van der Waals surface area (Å²) in [6, 6.07) is 9.11. The van der Waals surface area contributed by atoms with Crippen LogP contribution in [0.25, 0.3) is 0 Å². The third kappa shape index (κ3) is 5.00. The molecule has 0 amide bonds. The molecular formula is C14H21NO2. The van der Waals surface area contributed by atoms with Crippen molar-refractivity contribution in [1.82, 2.24) is 4.90 Å². The van der Waals surface area contributed by atoms with E-state index in [0.29, 0.717) is 12.2 Å². The lowest BCUT2D eigenvalue weighted by Crippen LogP contribution is -2.25. The lowest BCUT2D eigenvalue weighted by atomic mass is 10.2. The maximum absolute atomic E-state index is 11.6. The van der Waals surface area contributed by atoms with E-state index in [1.807, 2.05) is 18.2 Å². The third-order valence-electron chi connectivity index (χ3n) is 2.76.